The molecule has 0 bridgehead atoms. The molecule has 0 aliphatic rings. The Balaban J connectivity index is 2.58. The molecule has 3 heteroatoms. The number of halogens is 2. The molecule has 0 spiro atoms. The van der Waals surface area contributed by atoms with Crippen molar-refractivity contribution in [3.63, 3.8) is 0 Å². The topological polar surface area (TPSA) is 20.2 Å². The summed E-state index contributed by atoms with van der Waals surface area (Å²) in [6.07, 6.45) is 0. The van der Waals surface area contributed by atoms with Crippen LogP contribution >= 0.6 is 0 Å². The highest BCUT2D eigenvalue weighted by atomic mass is 19.1. The molecule has 0 amide bonds. The summed E-state index contributed by atoms with van der Waals surface area (Å²) in [7, 11) is 0. The van der Waals surface area contributed by atoms with Crippen molar-refractivity contribution >= 4 is 0 Å². The van der Waals surface area contributed by atoms with Crippen molar-refractivity contribution in [3.05, 3.63) is 54.1 Å². The van der Waals surface area contributed by atoms with Gasteiger partial charge in [0.2, 0.25) is 0 Å². The lowest BCUT2D eigenvalue weighted by molar-refractivity contribution is 0.475. The summed E-state index contributed by atoms with van der Waals surface area (Å²) in [5.74, 6) is -0.993. The lowest BCUT2D eigenvalue weighted by Gasteiger charge is -2.03. The zero-order valence-electron chi connectivity index (χ0n) is 7.74. The number of phenolic OH excluding ortho intramolecular Hbond substituents is 1. The van der Waals surface area contributed by atoms with Crippen molar-refractivity contribution in [2.45, 2.75) is 0 Å². The van der Waals surface area contributed by atoms with Crippen LogP contribution in [-0.2, 0) is 0 Å². The van der Waals surface area contributed by atoms with Gasteiger partial charge in [-0.15, -0.1) is 0 Å². The van der Waals surface area contributed by atoms with Crippen LogP contribution in [0.1, 0.15) is 0 Å². The summed E-state index contributed by atoms with van der Waals surface area (Å²) in [5.41, 5.74) is 0.595. The molecule has 0 atom stereocenters. The molecule has 2 aromatic carbocycles. The largest absolute Gasteiger partial charge is 0.508 e. The van der Waals surface area contributed by atoms with Gasteiger partial charge in [-0.05, 0) is 35.9 Å². The molecule has 0 aliphatic carbocycles. The maximum absolute atomic E-state index is 13.3. The molecule has 0 saturated heterocycles. The van der Waals surface area contributed by atoms with Crippen LogP contribution in [0.5, 0.6) is 5.75 Å². The van der Waals surface area contributed by atoms with Gasteiger partial charge in [0.1, 0.15) is 17.4 Å². The molecule has 0 unspecified atom stereocenters. The van der Waals surface area contributed by atoms with E-state index >= 15 is 0 Å². The highest BCUT2D eigenvalue weighted by Crippen LogP contribution is 2.26. The second-order valence-electron chi connectivity index (χ2n) is 3.17. The molecular weight excluding hydrogens is 198 g/mol. The van der Waals surface area contributed by atoms with Gasteiger partial charge in [-0.3, -0.25) is 0 Å². The smallest absolute Gasteiger partial charge is 0.131 e. The summed E-state index contributed by atoms with van der Waals surface area (Å²) in [5, 5.41) is 9.22. The fourth-order valence-corrected chi connectivity index (χ4v) is 1.39. The number of rotatable bonds is 1. The fourth-order valence-electron chi connectivity index (χ4n) is 1.39. The number of benzene rings is 2. The highest BCUT2D eigenvalue weighted by Gasteiger charge is 2.06. The van der Waals surface area contributed by atoms with Crippen molar-refractivity contribution in [2.24, 2.45) is 0 Å². The van der Waals surface area contributed by atoms with E-state index in [-0.39, 0.29) is 11.3 Å². The molecule has 0 saturated carbocycles. The maximum atomic E-state index is 13.3. The molecule has 0 radical (unpaired) electrons. The van der Waals surface area contributed by atoms with E-state index in [0.717, 1.165) is 18.2 Å². The monoisotopic (exact) mass is 206 g/mol. The van der Waals surface area contributed by atoms with Crippen molar-refractivity contribution in [1.82, 2.24) is 0 Å². The fraction of sp³-hybridized carbons (Fsp3) is 0. The summed E-state index contributed by atoms with van der Waals surface area (Å²) >= 11 is 0. The molecule has 2 rings (SSSR count). The Morgan fingerprint density at radius 3 is 2.47 bits per heavy atom. The minimum Gasteiger partial charge on any atom is -0.508 e. The first-order valence-electron chi connectivity index (χ1n) is 4.41. The number of hydrogen-bond donors (Lipinski definition) is 1. The third kappa shape index (κ3) is 1.96. The van der Waals surface area contributed by atoms with E-state index in [2.05, 4.69) is 0 Å². The van der Waals surface area contributed by atoms with Crippen LogP contribution in [0.4, 0.5) is 8.78 Å². The van der Waals surface area contributed by atoms with Crippen LogP contribution in [0.2, 0.25) is 0 Å². The molecule has 0 fully saturated rings. The van der Waals surface area contributed by atoms with Gasteiger partial charge in [-0.1, -0.05) is 12.1 Å². The molecule has 2 aromatic rings. The standard InChI is InChI=1S/C12H8F2O/c13-9-4-5-12(14)11(7-9)8-2-1-3-10(15)6-8/h1-7,15H. The van der Waals surface area contributed by atoms with E-state index in [1.54, 1.807) is 12.1 Å². The van der Waals surface area contributed by atoms with Gasteiger partial charge in [-0.25, -0.2) is 8.78 Å². The Kier molecular flexibility index (Phi) is 2.37. The Hall–Kier alpha value is -1.90. The van der Waals surface area contributed by atoms with Crippen molar-refractivity contribution in [2.75, 3.05) is 0 Å². The molecule has 0 heterocycles. The molecular formula is C12H8F2O. The molecule has 1 N–H and O–H groups in total. The predicted octanol–water partition coefficient (Wildman–Crippen LogP) is 3.34. The van der Waals surface area contributed by atoms with E-state index in [1.807, 2.05) is 0 Å². The lowest BCUT2D eigenvalue weighted by Crippen LogP contribution is -1.85. The van der Waals surface area contributed by atoms with Crippen molar-refractivity contribution in [1.29, 1.82) is 0 Å². The average Bonchev–Trinajstić information content (AvgIpc) is 2.22. The minimum atomic E-state index is -0.512. The highest BCUT2D eigenvalue weighted by molar-refractivity contribution is 5.65. The summed E-state index contributed by atoms with van der Waals surface area (Å²) in [6, 6.07) is 9.27. The van der Waals surface area contributed by atoms with E-state index in [9.17, 15) is 13.9 Å². The molecule has 1 nitrogen and oxygen atoms in total. The second kappa shape index (κ2) is 3.69. The van der Waals surface area contributed by atoms with Gasteiger partial charge in [0.05, 0.1) is 0 Å². The minimum absolute atomic E-state index is 0.0242. The lowest BCUT2D eigenvalue weighted by atomic mass is 10.0. The Labute approximate surface area is 85.6 Å². The number of aromatic hydroxyl groups is 1. The first kappa shape index (κ1) is 9.65. The van der Waals surface area contributed by atoms with Crippen LogP contribution in [-0.4, -0.2) is 5.11 Å². The Morgan fingerprint density at radius 2 is 1.73 bits per heavy atom. The van der Waals surface area contributed by atoms with Gasteiger partial charge < -0.3 is 5.11 Å². The quantitative estimate of drug-likeness (QED) is 0.758. The summed E-state index contributed by atoms with van der Waals surface area (Å²) in [4.78, 5) is 0. The average molecular weight is 206 g/mol. The van der Waals surface area contributed by atoms with E-state index in [4.69, 9.17) is 0 Å². The second-order valence-corrected chi connectivity index (χ2v) is 3.17. The van der Waals surface area contributed by atoms with Crippen molar-refractivity contribution < 1.29 is 13.9 Å². The van der Waals surface area contributed by atoms with Crippen molar-refractivity contribution in [3.8, 4) is 16.9 Å². The zero-order valence-corrected chi connectivity index (χ0v) is 7.74. The van der Waals surface area contributed by atoms with Crippen LogP contribution in [0.25, 0.3) is 11.1 Å². The number of phenols is 1. The van der Waals surface area contributed by atoms with E-state index in [0.29, 0.717) is 5.56 Å². The molecule has 0 aliphatic heterocycles. The van der Waals surface area contributed by atoms with Gasteiger partial charge >= 0.3 is 0 Å². The Morgan fingerprint density at radius 1 is 0.933 bits per heavy atom. The summed E-state index contributed by atoms with van der Waals surface area (Å²) in [6.45, 7) is 0. The molecule has 15 heavy (non-hydrogen) atoms. The van der Waals surface area contributed by atoms with Crippen LogP contribution in [0.15, 0.2) is 42.5 Å². The van der Waals surface area contributed by atoms with Gasteiger partial charge in [0.15, 0.2) is 0 Å². The molecule has 0 aromatic heterocycles. The van der Waals surface area contributed by atoms with Gasteiger partial charge in [0.25, 0.3) is 0 Å². The first-order valence-corrected chi connectivity index (χ1v) is 4.41. The SMILES string of the molecule is Oc1cccc(-c2cc(F)ccc2F)c1. The first-order chi connectivity index (χ1) is 7.16. The van der Waals surface area contributed by atoms with Gasteiger partial charge in [0, 0.05) is 5.56 Å². The van der Waals surface area contributed by atoms with Crippen LogP contribution in [0.3, 0.4) is 0 Å². The van der Waals surface area contributed by atoms with E-state index < -0.39 is 11.6 Å². The van der Waals surface area contributed by atoms with Gasteiger partial charge in [-0.2, -0.15) is 0 Å². The predicted molar refractivity (Wildman–Crippen MR) is 53.5 cm³/mol. The summed E-state index contributed by atoms with van der Waals surface area (Å²) < 4.78 is 26.2. The Bertz CT molecular complexity index is 495. The van der Waals surface area contributed by atoms with Crippen LogP contribution in [0, 0.1) is 11.6 Å². The van der Waals surface area contributed by atoms with Crippen LogP contribution < -0.4 is 0 Å². The van der Waals surface area contributed by atoms with E-state index in [1.165, 1.54) is 12.1 Å². The molecule has 76 valence electrons. The maximum Gasteiger partial charge on any atom is 0.131 e. The normalized spacial score (nSPS) is 10.3. The zero-order chi connectivity index (χ0) is 10.8. The third-order valence-corrected chi connectivity index (χ3v) is 2.09. The number of hydrogen-bond acceptors (Lipinski definition) is 1. The third-order valence-electron chi connectivity index (χ3n) is 2.09.